The van der Waals surface area contributed by atoms with Crippen LogP contribution in [0, 0.1) is 13.8 Å². The molecule has 0 saturated carbocycles. The molecule has 0 N–H and O–H groups in total. The molecule has 0 spiro atoms. The fraction of sp³-hybridized carbons (Fsp3) is 0.562. The van der Waals surface area contributed by atoms with Gasteiger partial charge in [0.15, 0.2) is 0 Å². The van der Waals surface area contributed by atoms with Crippen molar-refractivity contribution in [1.29, 1.82) is 0 Å². The Hall–Kier alpha value is -1.11. The fourth-order valence-corrected chi connectivity index (χ4v) is 2.12. The van der Waals surface area contributed by atoms with Gasteiger partial charge in [0.25, 0.3) is 0 Å². The van der Waals surface area contributed by atoms with Crippen LogP contribution in [0.15, 0.2) is 12.1 Å². The standard InChI is InChI=1S/C16H24O/c1-11-9-14(16(4,5)6)10-12(2)15(11)8-7-13(3)17/h9-10H,7-8H2,1-6H3. The molecular formula is C16H24O. The molecule has 1 nitrogen and oxygen atoms in total. The van der Waals surface area contributed by atoms with Crippen LogP contribution in [0.2, 0.25) is 0 Å². The van der Waals surface area contributed by atoms with Gasteiger partial charge < -0.3 is 4.79 Å². The van der Waals surface area contributed by atoms with E-state index in [0.29, 0.717) is 6.42 Å². The number of aryl methyl sites for hydroxylation is 2. The zero-order valence-electron chi connectivity index (χ0n) is 12.0. The third-order valence-corrected chi connectivity index (χ3v) is 3.29. The van der Waals surface area contributed by atoms with E-state index in [2.05, 4.69) is 46.8 Å². The van der Waals surface area contributed by atoms with Crippen molar-refractivity contribution < 1.29 is 4.79 Å². The van der Waals surface area contributed by atoms with Gasteiger partial charge in [0.05, 0.1) is 0 Å². The molecule has 0 saturated heterocycles. The van der Waals surface area contributed by atoms with Crippen molar-refractivity contribution in [3.05, 3.63) is 34.4 Å². The normalized spacial score (nSPS) is 11.6. The van der Waals surface area contributed by atoms with Crippen LogP contribution >= 0.6 is 0 Å². The Bertz CT molecular complexity index is 399. The van der Waals surface area contributed by atoms with Crippen molar-refractivity contribution in [3.63, 3.8) is 0 Å². The van der Waals surface area contributed by atoms with Crippen molar-refractivity contribution in [2.75, 3.05) is 0 Å². The third kappa shape index (κ3) is 3.69. The van der Waals surface area contributed by atoms with Crippen LogP contribution in [0.3, 0.4) is 0 Å². The lowest BCUT2D eigenvalue weighted by atomic mass is 9.83. The van der Waals surface area contributed by atoms with Gasteiger partial charge in [-0.25, -0.2) is 0 Å². The largest absolute Gasteiger partial charge is 0.300 e. The van der Waals surface area contributed by atoms with Gasteiger partial charge in [-0.3, -0.25) is 0 Å². The summed E-state index contributed by atoms with van der Waals surface area (Å²) in [4.78, 5) is 11.1. The second-order valence-corrected chi connectivity index (χ2v) is 6.04. The van der Waals surface area contributed by atoms with E-state index in [1.165, 1.54) is 22.3 Å². The van der Waals surface area contributed by atoms with Crippen LogP contribution in [0.4, 0.5) is 0 Å². The van der Waals surface area contributed by atoms with E-state index in [0.717, 1.165) is 6.42 Å². The molecule has 0 aromatic heterocycles. The molecule has 0 atom stereocenters. The van der Waals surface area contributed by atoms with Gasteiger partial charge in [-0.15, -0.1) is 0 Å². The van der Waals surface area contributed by atoms with E-state index < -0.39 is 0 Å². The summed E-state index contributed by atoms with van der Waals surface area (Å²) in [5, 5.41) is 0. The summed E-state index contributed by atoms with van der Waals surface area (Å²) < 4.78 is 0. The second-order valence-electron chi connectivity index (χ2n) is 6.04. The summed E-state index contributed by atoms with van der Waals surface area (Å²) in [6, 6.07) is 4.53. The fourth-order valence-electron chi connectivity index (χ4n) is 2.12. The zero-order valence-corrected chi connectivity index (χ0v) is 12.0. The highest BCUT2D eigenvalue weighted by molar-refractivity contribution is 5.75. The number of hydrogen-bond donors (Lipinski definition) is 0. The molecule has 1 aromatic rings. The molecule has 1 aromatic carbocycles. The number of carbonyl (C=O) groups is 1. The predicted octanol–water partition coefficient (Wildman–Crippen LogP) is 4.12. The van der Waals surface area contributed by atoms with Gasteiger partial charge in [0.2, 0.25) is 0 Å². The van der Waals surface area contributed by atoms with Gasteiger partial charge in [0.1, 0.15) is 5.78 Å². The van der Waals surface area contributed by atoms with Crippen molar-refractivity contribution in [1.82, 2.24) is 0 Å². The van der Waals surface area contributed by atoms with E-state index in [9.17, 15) is 4.79 Å². The van der Waals surface area contributed by atoms with Gasteiger partial charge >= 0.3 is 0 Å². The Morgan fingerprint density at radius 2 is 1.59 bits per heavy atom. The Balaban J connectivity index is 3.07. The topological polar surface area (TPSA) is 17.1 Å². The van der Waals surface area contributed by atoms with Crippen molar-refractivity contribution in [2.45, 2.75) is 59.8 Å². The Kier molecular flexibility index (Phi) is 4.13. The molecular weight excluding hydrogens is 208 g/mol. The Labute approximate surface area is 105 Å². The maximum Gasteiger partial charge on any atom is 0.130 e. The van der Waals surface area contributed by atoms with Crippen molar-refractivity contribution in [3.8, 4) is 0 Å². The summed E-state index contributed by atoms with van der Waals surface area (Å²) in [5.74, 6) is 0.267. The van der Waals surface area contributed by atoms with Gasteiger partial charge in [-0.1, -0.05) is 32.9 Å². The maximum absolute atomic E-state index is 11.1. The number of Topliss-reactive ketones (excluding diaryl/α,β-unsaturated/α-hetero) is 1. The lowest BCUT2D eigenvalue weighted by molar-refractivity contribution is -0.116. The molecule has 0 heterocycles. The predicted molar refractivity (Wildman–Crippen MR) is 73.6 cm³/mol. The monoisotopic (exact) mass is 232 g/mol. The maximum atomic E-state index is 11.1. The first-order valence-electron chi connectivity index (χ1n) is 6.32. The summed E-state index contributed by atoms with van der Waals surface area (Å²) in [5.41, 5.74) is 5.54. The molecule has 1 rings (SSSR count). The zero-order chi connectivity index (χ0) is 13.2. The smallest absolute Gasteiger partial charge is 0.130 e. The first-order chi connectivity index (χ1) is 7.71. The molecule has 94 valence electrons. The Morgan fingerprint density at radius 3 is 1.94 bits per heavy atom. The van der Waals surface area contributed by atoms with Crippen LogP contribution in [-0.2, 0) is 16.6 Å². The van der Waals surface area contributed by atoms with Crippen LogP contribution in [0.1, 0.15) is 56.4 Å². The third-order valence-electron chi connectivity index (χ3n) is 3.29. The lowest BCUT2D eigenvalue weighted by Gasteiger charge is -2.22. The lowest BCUT2D eigenvalue weighted by Crippen LogP contribution is -2.12. The number of benzene rings is 1. The van der Waals surface area contributed by atoms with E-state index in [-0.39, 0.29) is 11.2 Å². The highest BCUT2D eigenvalue weighted by atomic mass is 16.1. The van der Waals surface area contributed by atoms with Gasteiger partial charge in [-0.05, 0) is 54.9 Å². The molecule has 0 aliphatic carbocycles. The number of carbonyl (C=O) groups excluding carboxylic acids is 1. The quantitative estimate of drug-likeness (QED) is 0.766. The minimum absolute atomic E-state index is 0.189. The minimum atomic E-state index is 0.189. The van der Waals surface area contributed by atoms with Crippen LogP contribution in [-0.4, -0.2) is 5.78 Å². The molecule has 0 bridgehead atoms. The molecule has 17 heavy (non-hydrogen) atoms. The summed E-state index contributed by atoms with van der Waals surface area (Å²) in [7, 11) is 0. The van der Waals surface area contributed by atoms with Crippen LogP contribution < -0.4 is 0 Å². The Morgan fingerprint density at radius 1 is 1.12 bits per heavy atom. The number of ketones is 1. The summed E-state index contributed by atoms with van der Waals surface area (Å²) in [6.45, 7) is 12.7. The summed E-state index contributed by atoms with van der Waals surface area (Å²) in [6.07, 6.45) is 1.52. The number of rotatable bonds is 3. The van der Waals surface area contributed by atoms with Gasteiger partial charge in [0, 0.05) is 6.42 Å². The minimum Gasteiger partial charge on any atom is -0.300 e. The molecule has 1 heteroatoms. The van der Waals surface area contributed by atoms with Crippen molar-refractivity contribution in [2.24, 2.45) is 0 Å². The average molecular weight is 232 g/mol. The molecule has 0 fully saturated rings. The van der Waals surface area contributed by atoms with E-state index in [1.807, 2.05) is 0 Å². The van der Waals surface area contributed by atoms with Crippen LogP contribution in [0.25, 0.3) is 0 Å². The molecule has 0 aliphatic heterocycles. The SMILES string of the molecule is CC(=O)CCc1c(C)cc(C(C)(C)C)cc1C. The van der Waals surface area contributed by atoms with E-state index >= 15 is 0 Å². The highest BCUT2D eigenvalue weighted by Crippen LogP contribution is 2.27. The second kappa shape index (κ2) is 5.03. The first-order valence-corrected chi connectivity index (χ1v) is 6.32. The van der Waals surface area contributed by atoms with Gasteiger partial charge in [-0.2, -0.15) is 0 Å². The van der Waals surface area contributed by atoms with E-state index in [4.69, 9.17) is 0 Å². The molecule has 0 radical (unpaired) electrons. The molecule has 0 amide bonds. The van der Waals surface area contributed by atoms with Crippen molar-refractivity contribution >= 4 is 5.78 Å². The molecule has 0 aliphatic rings. The van der Waals surface area contributed by atoms with E-state index in [1.54, 1.807) is 6.92 Å². The average Bonchev–Trinajstić information content (AvgIpc) is 2.14. The number of hydrogen-bond acceptors (Lipinski definition) is 1. The summed E-state index contributed by atoms with van der Waals surface area (Å²) >= 11 is 0. The first kappa shape index (κ1) is 14.0. The van der Waals surface area contributed by atoms with Crippen LogP contribution in [0.5, 0.6) is 0 Å². The molecule has 0 unspecified atom stereocenters. The highest BCUT2D eigenvalue weighted by Gasteiger charge is 2.16.